The van der Waals surface area contributed by atoms with Gasteiger partial charge in [0, 0.05) is 13.6 Å². The molecule has 1 aromatic carbocycles. The number of hydrogen-bond acceptors (Lipinski definition) is 4. The second kappa shape index (κ2) is 5.40. The van der Waals surface area contributed by atoms with Crippen LogP contribution in [0.4, 0.5) is 0 Å². The highest BCUT2D eigenvalue weighted by Crippen LogP contribution is 2.40. The quantitative estimate of drug-likeness (QED) is 0.842. The number of phenols is 1. The molecule has 1 amide bonds. The molecule has 6 heteroatoms. The number of ether oxygens (including phenoxy) is 1. The molecule has 0 unspecified atom stereocenters. The van der Waals surface area contributed by atoms with Gasteiger partial charge in [0.25, 0.3) is 0 Å². The van der Waals surface area contributed by atoms with Crippen molar-refractivity contribution in [2.24, 2.45) is 11.8 Å². The number of carbonyl (C=O) groups excluding carboxylic acids is 1. The van der Waals surface area contributed by atoms with Crippen LogP contribution >= 0.6 is 0 Å². The standard InChI is InChI=1S/C14H17NO5/c1-15(13(17)9-6-10(9)14(18)19)7-8-3-4-11(16)12(5-8)20-2/h3-5,9-10,16H,6-7H2,1-2H3,(H,18,19)/t9-,10+/m1/s1. The molecular weight excluding hydrogens is 262 g/mol. The fourth-order valence-electron chi connectivity index (χ4n) is 2.20. The number of benzene rings is 1. The molecule has 0 aliphatic heterocycles. The first kappa shape index (κ1) is 14.2. The highest BCUT2D eigenvalue weighted by molar-refractivity contribution is 5.89. The second-order valence-corrected chi connectivity index (χ2v) is 4.99. The highest BCUT2D eigenvalue weighted by atomic mass is 16.5. The summed E-state index contributed by atoms with van der Waals surface area (Å²) in [6, 6.07) is 4.85. The number of rotatable bonds is 5. The van der Waals surface area contributed by atoms with Gasteiger partial charge < -0.3 is 19.8 Å². The van der Waals surface area contributed by atoms with Crippen molar-refractivity contribution < 1.29 is 24.5 Å². The van der Waals surface area contributed by atoms with Gasteiger partial charge in [-0.05, 0) is 24.1 Å². The molecule has 2 atom stereocenters. The second-order valence-electron chi connectivity index (χ2n) is 4.99. The summed E-state index contributed by atoms with van der Waals surface area (Å²) in [6.45, 7) is 0.346. The van der Waals surface area contributed by atoms with Crippen molar-refractivity contribution in [1.29, 1.82) is 0 Å². The van der Waals surface area contributed by atoms with E-state index in [9.17, 15) is 14.7 Å². The van der Waals surface area contributed by atoms with Crippen LogP contribution in [0.5, 0.6) is 11.5 Å². The lowest BCUT2D eigenvalue weighted by Crippen LogP contribution is -2.28. The Kier molecular flexibility index (Phi) is 3.83. The highest BCUT2D eigenvalue weighted by Gasteiger charge is 2.49. The van der Waals surface area contributed by atoms with Gasteiger partial charge in [0.1, 0.15) is 0 Å². The molecule has 2 rings (SSSR count). The van der Waals surface area contributed by atoms with Gasteiger partial charge in [-0.25, -0.2) is 0 Å². The molecule has 1 aliphatic carbocycles. The summed E-state index contributed by atoms with van der Waals surface area (Å²) < 4.78 is 5.00. The van der Waals surface area contributed by atoms with E-state index in [1.165, 1.54) is 18.1 Å². The predicted molar refractivity (Wildman–Crippen MR) is 70.4 cm³/mol. The average Bonchev–Trinajstić information content (AvgIpc) is 3.20. The molecule has 0 heterocycles. The Morgan fingerprint density at radius 2 is 2.10 bits per heavy atom. The first-order chi connectivity index (χ1) is 9.43. The first-order valence-corrected chi connectivity index (χ1v) is 6.27. The smallest absolute Gasteiger partial charge is 0.307 e. The van der Waals surface area contributed by atoms with E-state index in [1.54, 1.807) is 19.2 Å². The minimum Gasteiger partial charge on any atom is -0.504 e. The summed E-state index contributed by atoms with van der Waals surface area (Å²) in [5.41, 5.74) is 0.808. The van der Waals surface area contributed by atoms with E-state index in [0.29, 0.717) is 18.7 Å². The predicted octanol–water partition coefficient (Wildman–Crippen LogP) is 1.08. The molecule has 0 radical (unpaired) electrons. The third-order valence-corrected chi connectivity index (χ3v) is 3.46. The van der Waals surface area contributed by atoms with Crippen molar-refractivity contribution in [3.63, 3.8) is 0 Å². The Labute approximate surface area is 116 Å². The summed E-state index contributed by atoms with van der Waals surface area (Å²) >= 11 is 0. The van der Waals surface area contributed by atoms with E-state index in [1.807, 2.05) is 0 Å². The number of methoxy groups -OCH3 is 1. The monoisotopic (exact) mass is 279 g/mol. The van der Waals surface area contributed by atoms with E-state index >= 15 is 0 Å². The zero-order chi connectivity index (χ0) is 14.9. The molecule has 0 spiro atoms. The minimum absolute atomic E-state index is 0.0402. The lowest BCUT2D eigenvalue weighted by molar-refractivity contribution is -0.141. The zero-order valence-electron chi connectivity index (χ0n) is 11.4. The number of carboxylic acids is 1. The molecule has 0 aromatic heterocycles. The molecule has 1 fully saturated rings. The van der Waals surface area contributed by atoms with Gasteiger partial charge in [-0.15, -0.1) is 0 Å². The first-order valence-electron chi connectivity index (χ1n) is 6.27. The topological polar surface area (TPSA) is 87.1 Å². The number of amides is 1. The molecule has 6 nitrogen and oxygen atoms in total. The number of carboxylic acid groups (broad SMARTS) is 1. The van der Waals surface area contributed by atoms with Crippen molar-refractivity contribution in [3.8, 4) is 11.5 Å². The van der Waals surface area contributed by atoms with Gasteiger partial charge in [0.15, 0.2) is 11.5 Å². The van der Waals surface area contributed by atoms with Crippen LogP contribution in [0.15, 0.2) is 18.2 Å². The average molecular weight is 279 g/mol. The number of aliphatic carboxylic acids is 1. The normalized spacial score (nSPS) is 20.3. The third-order valence-electron chi connectivity index (χ3n) is 3.46. The van der Waals surface area contributed by atoms with Crippen molar-refractivity contribution >= 4 is 11.9 Å². The van der Waals surface area contributed by atoms with Gasteiger partial charge >= 0.3 is 5.97 Å². The zero-order valence-corrected chi connectivity index (χ0v) is 11.4. The lowest BCUT2D eigenvalue weighted by Gasteiger charge is -2.17. The van der Waals surface area contributed by atoms with Crippen LogP contribution in [0.1, 0.15) is 12.0 Å². The van der Waals surface area contributed by atoms with E-state index in [2.05, 4.69) is 0 Å². The Hall–Kier alpha value is -2.24. The number of phenolic OH excluding ortho intramolecular Hbond substituents is 1. The molecule has 108 valence electrons. The largest absolute Gasteiger partial charge is 0.504 e. The van der Waals surface area contributed by atoms with Gasteiger partial charge in [-0.1, -0.05) is 6.07 Å². The Morgan fingerprint density at radius 1 is 1.40 bits per heavy atom. The maximum Gasteiger partial charge on any atom is 0.307 e. The number of hydrogen-bond donors (Lipinski definition) is 2. The summed E-state index contributed by atoms with van der Waals surface area (Å²) in [6.07, 6.45) is 0.414. The number of nitrogens with zero attached hydrogens (tertiary/aromatic N) is 1. The van der Waals surface area contributed by atoms with Crippen molar-refractivity contribution in [1.82, 2.24) is 4.90 Å². The van der Waals surface area contributed by atoms with Crippen LogP contribution in [0.2, 0.25) is 0 Å². The number of carbonyl (C=O) groups is 2. The minimum atomic E-state index is -0.914. The number of aromatic hydroxyl groups is 1. The van der Waals surface area contributed by atoms with Crippen LogP contribution < -0.4 is 4.74 Å². The third kappa shape index (κ3) is 2.84. The Bertz CT molecular complexity index is 542. The van der Waals surface area contributed by atoms with E-state index < -0.39 is 17.8 Å². The lowest BCUT2D eigenvalue weighted by atomic mass is 10.2. The van der Waals surface area contributed by atoms with Crippen LogP contribution in [0, 0.1) is 11.8 Å². The van der Waals surface area contributed by atoms with Crippen molar-refractivity contribution in [2.75, 3.05) is 14.2 Å². The van der Waals surface area contributed by atoms with Crippen LogP contribution in [0.3, 0.4) is 0 Å². The molecule has 1 aliphatic rings. The Morgan fingerprint density at radius 3 is 2.65 bits per heavy atom. The molecule has 20 heavy (non-hydrogen) atoms. The SMILES string of the molecule is COc1cc(CN(C)C(=O)[C@@H]2C[C@@H]2C(=O)O)ccc1O. The fraction of sp³-hybridized carbons (Fsp3) is 0.429. The summed E-state index contributed by atoms with van der Waals surface area (Å²) in [7, 11) is 3.09. The van der Waals surface area contributed by atoms with Crippen LogP contribution in [-0.4, -0.2) is 41.1 Å². The van der Waals surface area contributed by atoms with Gasteiger partial charge in [-0.3, -0.25) is 9.59 Å². The summed E-state index contributed by atoms with van der Waals surface area (Å²) in [4.78, 5) is 24.3. The Balaban J connectivity index is 1.99. The molecule has 0 saturated heterocycles. The molecule has 1 aromatic rings. The molecule has 1 saturated carbocycles. The fourth-order valence-corrected chi connectivity index (χ4v) is 2.20. The molecule has 2 N–H and O–H groups in total. The molecular formula is C14H17NO5. The van der Waals surface area contributed by atoms with Crippen molar-refractivity contribution in [2.45, 2.75) is 13.0 Å². The van der Waals surface area contributed by atoms with Gasteiger partial charge in [0.2, 0.25) is 5.91 Å². The van der Waals surface area contributed by atoms with Gasteiger partial charge in [0.05, 0.1) is 18.9 Å². The van der Waals surface area contributed by atoms with E-state index in [4.69, 9.17) is 9.84 Å². The van der Waals surface area contributed by atoms with E-state index in [-0.39, 0.29) is 11.7 Å². The van der Waals surface area contributed by atoms with E-state index in [0.717, 1.165) is 5.56 Å². The summed E-state index contributed by atoms with van der Waals surface area (Å²) in [5.74, 6) is -1.64. The summed E-state index contributed by atoms with van der Waals surface area (Å²) in [5, 5.41) is 18.3. The van der Waals surface area contributed by atoms with Crippen LogP contribution in [-0.2, 0) is 16.1 Å². The molecule has 0 bridgehead atoms. The van der Waals surface area contributed by atoms with Crippen molar-refractivity contribution in [3.05, 3.63) is 23.8 Å². The van der Waals surface area contributed by atoms with Crippen LogP contribution in [0.25, 0.3) is 0 Å². The maximum atomic E-state index is 12.0. The van der Waals surface area contributed by atoms with Gasteiger partial charge in [-0.2, -0.15) is 0 Å². The maximum absolute atomic E-state index is 12.0.